The van der Waals surface area contributed by atoms with E-state index in [-0.39, 0.29) is 17.3 Å². The fraction of sp³-hybridized carbons (Fsp3) is 0.409. The Morgan fingerprint density at radius 3 is 2.58 bits per heavy atom. The van der Waals surface area contributed by atoms with Crippen LogP contribution in [0.25, 0.3) is 0 Å². The molecule has 2 heteroatoms. The van der Waals surface area contributed by atoms with E-state index in [1.165, 1.54) is 17.2 Å². The SMILES string of the molecule is C=C/C(=C\C=C(/CC)C1CCC(c2ccccc2F)=N1)C(C)(C)C. The largest absolute Gasteiger partial charge is 0.281 e. The van der Waals surface area contributed by atoms with E-state index in [2.05, 4.69) is 46.4 Å². The van der Waals surface area contributed by atoms with Gasteiger partial charge in [-0.15, -0.1) is 0 Å². The van der Waals surface area contributed by atoms with Gasteiger partial charge in [-0.3, -0.25) is 4.99 Å². The van der Waals surface area contributed by atoms with Crippen molar-refractivity contribution in [2.45, 2.75) is 53.0 Å². The summed E-state index contributed by atoms with van der Waals surface area (Å²) in [6.07, 6.45) is 9.00. The summed E-state index contributed by atoms with van der Waals surface area (Å²) in [5.74, 6) is -0.180. The van der Waals surface area contributed by atoms with Crippen LogP contribution in [0.15, 0.2) is 65.2 Å². The molecule has 0 saturated heterocycles. The molecule has 1 aromatic carbocycles. The van der Waals surface area contributed by atoms with Gasteiger partial charge in [-0.2, -0.15) is 0 Å². The van der Waals surface area contributed by atoms with Crippen molar-refractivity contribution < 1.29 is 4.39 Å². The maximum atomic E-state index is 14.0. The van der Waals surface area contributed by atoms with Crippen LogP contribution in [0.3, 0.4) is 0 Å². The van der Waals surface area contributed by atoms with Crippen molar-refractivity contribution in [2.75, 3.05) is 0 Å². The molecule has 1 unspecified atom stereocenters. The topological polar surface area (TPSA) is 12.4 Å². The second-order valence-corrected chi connectivity index (χ2v) is 7.28. The predicted molar refractivity (Wildman–Crippen MR) is 102 cm³/mol. The average molecular weight is 325 g/mol. The number of nitrogens with zero attached hydrogens (tertiary/aromatic N) is 1. The van der Waals surface area contributed by atoms with E-state index in [1.54, 1.807) is 6.07 Å². The smallest absolute Gasteiger partial charge is 0.132 e. The van der Waals surface area contributed by atoms with Crippen molar-refractivity contribution in [1.29, 1.82) is 0 Å². The maximum absolute atomic E-state index is 14.0. The zero-order valence-corrected chi connectivity index (χ0v) is 15.3. The lowest BCUT2D eigenvalue weighted by Crippen LogP contribution is -2.08. The van der Waals surface area contributed by atoms with E-state index < -0.39 is 0 Å². The molecule has 0 bridgehead atoms. The molecule has 1 aliphatic heterocycles. The number of hydrogen-bond donors (Lipinski definition) is 0. The third-order valence-electron chi connectivity index (χ3n) is 4.55. The summed E-state index contributed by atoms with van der Waals surface area (Å²) in [7, 11) is 0. The van der Waals surface area contributed by atoms with Crippen LogP contribution >= 0.6 is 0 Å². The van der Waals surface area contributed by atoms with Crippen LogP contribution in [0.5, 0.6) is 0 Å². The number of allylic oxidation sites excluding steroid dienone is 4. The number of rotatable bonds is 5. The van der Waals surface area contributed by atoms with Gasteiger partial charge in [-0.1, -0.05) is 70.7 Å². The standard InChI is InChI=1S/C22H28FN/c1-6-16(12-13-17(7-2)22(3,4)5)20-14-15-21(24-20)18-10-8-9-11-19(18)23/h7-13,20H,2,6,14-15H2,1,3-5H3/b16-12+,17-13+. The molecule has 128 valence electrons. The minimum Gasteiger partial charge on any atom is -0.281 e. The van der Waals surface area contributed by atoms with Crippen LogP contribution in [-0.4, -0.2) is 11.8 Å². The molecule has 0 fully saturated rings. The maximum Gasteiger partial charge on any atom is 0.132 e. The van der Waals surface area contributed by atoms with Crippen LogP contribution in [-0.2, 0) is 0 Å². The molecule has 0 N–H and O–H groups in total. The van der Waals surface area contributed by atoms with Crippen molar-refractivity contribution in [2.24, 2.45) is 10.4 Å². The highest BCUT2D eigenvalue weighted by Gasteiger charge is 2.22. The number of aliphatic imine (C=N–C) groups is 1. The molecule has 0 saturated carbocycles. The number of hydrogen-bond acceptors (Lipinski definition) is 1. The van der Waals surface area contributed by atoms with Gasteiger partial charge in [0.05, 0.1) is 6.04 Å². The molecule has 1 heterocycles. The Bertz CT molecular complexity index is 686. The van der Waals surface area contributed by atoms with Crippen molar-refractivity contribution >= 4 is 5.71 Å². The Labute approximate surface area is 145 Å². The van der Waals surface area contributed by atoms with Gasteiger partial charge < -0.3 is 0 Å². The molecule has 1 aromatic rings. The third-order valence-corrected chi connectivity index (χ3v) is 4.55. The molecule has 2 rings (SSSR count). The Kier molecular flexibility index (Phi) is 5.93. The Hall–Kier alpha value is -1.96. The first-order valence-corrected chi connectivity index (χ1v) is 8.72. The van der Waals surface area contributed by atoms with Crippen molar-refractivity contribution in [1.82, 2.24) is 0 Å². The van der Waals surface area contributed by atoms with Crippen molar-refractivity contribution in [3.05, 3.63) is 71.6 Å². The van der Waals surface area contributed by atoms with Gasteiger partial charge >= 0.3 is 0 Å². The highest BCUT2D eigenvalue weighted by molar-refractivity contribution is 6.02. The summed E-state index contributed by atoms with van der Waals surface area (Å²) < 4.78 is 14.0. The molecule has 1 atom stereocenters. The normalized spacial score (nSPS) is 19.4. The number of benzene rings is 1. The minimum absolute atomic E-state index is 0.0778. The Morgan fingerprint density at radius 1 is 1.29 bits per heavy atom. The summed E-state index contributed by atoms with van der Waals surface area (Å²) >= 11 is 0. The van der Waals surface area contributed by atoms with Crippen LogP contribution in [0.2, 0.25) is 0 Å². The second kappa shape index (κ2) is 7.74. The highest BCUT2D eigenvalue weighted by atomic mass is 19.1. The van der Waals surface area contributed by atoms with Crippen molar-refractivity contribution in [3.63, 3.8) is 0 Å². The lowest BCUT2D eigenvalue weighted by Gasteiger charge is -2.20. The van der Waals surface area contributed by atoms with E-state index in [0.29, 0.717) is 5.56 Å². The van der Waals surface area contributed by atoms with E-state index >= 15 is 0 Å². The van der Waals surface area contributed by atoms with E-state index in [4.69, 9.17) is 4.99 Å². The molecule has 0 aliphatic carbocycles. The van der Waals surface area contributed by atoms with Crippen LogP contribution in [0, 0.1) is 11.2 Å². The molecule has 1 nitrogen and oxygen atoms in total. The molecule has 24 heavy (non-hydrogen) atoms. The first-order valence-electron chi connectivity index (χ1n) is 8.72. The van der Waals surface area contributed by atoms with Crippen LogP contribution < -0.4 is 0 Å². The van der Waals surface area contributed by atoms with E-state index in [1.807, 2.05) is 18.2 Å². The minimum atomic E-state index is -0.180. The monoisotopic (exact) mass is 325 g/mol. The van der Waals surface area contributed by atoms with Gasteiger partial charge in [0.15, 0.2) is 0 Å². The molecule has 0 spiro atoms. The van der Waals surface area contributed by atoms with Crippen LogP contribution in [0.4, 0.5) is 4.39 Å². The summed E-state index contributed by atoms with van der Waals surface area (Å²) in [5, 5.41) is 0. The third kappa shape index (κ3) is 4.31. The first-order chi connectivity index (χ1) is 11.4. The van der Waals surface area contributed by atoms with Gasteiger partial charge in [0, 0.05) is 11.3 Å². The first kappa shape index (κ1) is 18.4. The molecular formula is C22H28FN. The zero-order chi connectivity index (χ0) is 17.7. The molecule has 1 aliphatic rings. The Balaban J connectivity index is 2.27. The van der Waals surface area contributed by atoms with Gasteiger partial charge in [0.25, 0.3) is 0 Å². The predicted octanol–water partition coefficient (Wildman–Crippen LogP) is 6.27. The second-order valence-electron chi connectivity index (χ2n) is 7.28. The average Bonchev–Trinajstić information content (AvgIpc) is 3.00. The molecule has 0 radical (unpaired) electrons. The van der Waals surface area contributed by atoms with E-state index in [0.717, 1.165) is 25.0 Å². The summed E-state index contributed by atoms with van der Waals surface area (Å²) in [6.45, 7) is 12.6. The molecule has 0 amide bonds. The van der Waals surface area contributed by atoms with Gasteiger partial charge in [-0.25, -0.2) is 4.39 Å². The van der Waals surface area contributed by atoms with Crippen molar-refractivity contribution in [3.8, 4) is 0 Å². The summed E-state index contributed by atoms with van der Waals surface area (Å²) in [6, 6.07) is 7.07. The lowest BCUT2D eigenvalue weighted by atomic mass is 9.86. The summed E-state index contributed by atoms with van der Waals surface area (Å²) in [4.78, 5) is 4.81. The summed E-state index contributed by atoms with van der Waals surface area (Å²) in [5.41, 5.74) is 4.12. The van der Waals surface area contributed by atoms with E-state index in [9.17, 15) is 4.39 Å². The zero-order valence-electron chi connectivity index (χ0n) is 15.3. The molecular weight excluding hydrogens is 297 g/mol. The number of halogens is 1. The highest BCUT2D eigenvalue weighted by Crippen LogP contribution is 2.29. The quantitative estimate of drug-likeness (QED) is 0.566. The van der Waals surface area contributed by atoms with Gasteiger partial charge in [-0.05, 0) is 41.9 Å². The van der Waals surface area contributed by atoms with Crippen LogP contribution in [0.1, 0.15) is 52.5 Å². The molecule has 0 aromatic heterocycles. The lowest BCUT2D eigenvalue weighted by molar-refractivity contribution is 0.517. The Morgan fingerprint density at radius 2 is 2.00 bits per heavy atom. The van der Waals surface area contributed by atoms with Gasteiger partial charge in [0.2, 0.25) is 0 Å². The fourth-order valence-corrected chi connectivity index (χ4v) is 3.04. The van der Waals surface area contributed by atoms with Gasteiger partial charge in [0.1, 0.15) is 5.82 Å². The fourth-order valence-electron chi connectivity index (χ4n) is 3.04.